The van der Waals surface area contributed by atoms with Gasteiger partial charge in [0.1, 0.15) is 11.5 Å². The Morgan fingerprint density at radius 3 is 2.52 bits per heavy atom. The number of benzene rings is 1. The van der Waals surface area contributed by atoms with Gasteiger partial charge >= 0.3 is 7.12 Å². The van der Waals surface area contributed by atoms with Gasteiger partial charge in [0, 0.05) is 25.2 Å². The number of halogens is 1. The first-order valence-corrected chi connectivity index (χ1v) is 9.42. The maximum absolute atomic E-state index is 15.6. The second-order valence-electron chi connectivity index (χ2n) is 8.32. The number of aliphatic hydroxyl groups is 1. The van der Waals surface area contributed by atoms with Crippen LogP contribution in [0.25, 0.3) is 5.57 Å². The third-order valence-corrected chi connectivity index (χ3v) is 5.80. The molecule has 1 aromatic rings. The van der Waals surface area contributed by atoms with Crippen LogP contribution in [0.4, 0.5) is 4.39 Å². The number of hydrogen-bond donors (Lipinski definition) is 1. The van der Waals surface area contributed by atoms with Crippen molar-refractivity contribution in [1.82, 2.24) is 4.90 Å². The first kappa shape index (κ1) is 20.3. The number of likely N-dealkylation sites (tertiary alicyclic amines) is 1. The first-order chi connectivity index (χ1) is 12.6. The van der Waals surface area contributed by atoms with Crippen molar-refractivity contribution in [2.75, 3.05) is 26.7 Å². The lowest BCUT2D eigenvalue weighted by Gasteiger charge is -2.32. The molecule has 0 aromatic heterocycles. The number of ether oxygens (including phenoxy) is 1. The molecule has 2 fully saturated rings. The highest BCUT2D eigenvalue weighted by Gasteiger charge is 2.53. The van der Waals surface area contributed by atoms with Crippen molar-refractivity contribution in [3.63, 3.8) is 0 Å². The second-order valence-corrected chi connectivity index (χ2v) is 8.32. The van der Waals surface area contributed by atoms with E-state index in [1.165, 1.54) is 0 Å². The summed E-state index contributed by atoms with van der Waals surface area (Å²) in [5.41, 5.74) is -0.427. The number of aliphatic hydroxyl groups excluding tert-OH is 1. The van der Waals surface area contributed by atoms with Crippen molar-refractivity contribution in [2.24, 2.45) is 0 Å². The van der Waals surface area contributed by atoms with Crippen LogP contribution in [0.15, 0.2) is 30.0 Å². The van der Waals surface area contributed by atoms with Gasteiger partial charge in [0.05, 0.1) is 24.4 Å². The fourth-order valence-electron chi connectivity index (χ4n) is 3.38. The van der Waals surface area contributed by atoms with E-state index in [4.69, 9.17) is 14.0 Å². The molecule has 0 aliphatic carbocycles. The van der Waals surface area contributed by atoms with Crippen LogP contribution in [0.2, 0.25) is 0 Å². The van der Waals surface area contributed by atoms with E-state index in [1.807, 2.05) is 56.9 Å². The quantitative estimate of drug-likeness (QED) is 0.800. The van der Waals surface area contributed by atoms with Gasteiger partial charge in [-0.05, 0) is 51.8 Å². The Morgan fingerprint density at radius 2 is 1.96 bits per heavy atom. The zero-order valence-electron chi connectivity index (χ0n) is 16.8. The average molecular weight is 377 g/mol. The van der Waals surface area contributed by atoms with Gasteiger partial charge in [0.25, 0.3) is 0 Å². The molecule has 0 radical (unpaired) electrons. The molecule has 1 aromatic carbocycles. The number of methoxy groups -OCH3 is 1. The highest BCUT2D eigenvalue weighted by Crippen LogP contribution is 2.40. The van der Waals surface area contributed by atoms with Gasteiger partial charge in [-0.15, -0.1) is 0 Å². The molecular weight excluding hydrogens is 348 g/mol. The Balaban J connectivity index is 1.96. The van der Waals surface area contributed by atoms with E-state index >= 15 is 4.39 Å². The molecule has 0 bridgehead atoms. The monoisotopic (exact) mass is 377 g/mol. The van der Waals surface area contributed by atoms with Gasteiger partial charge in [-0.2, -0.15) is 0 Å². The summed E-state index contributed by atoms with van der Waals surface area (Å²) in [4.78, 5) is 2.05. The molecular formula is C20H29BFNO4. The summed E-state index contributed by atoms with van der Waals surface area (Å²) in [5, 5.41) is 9.83. The van der Waals surface area contributed by atoms with E-state index in [0.717, 1.165) is 12.1 Å². The highest BCUT2D eigenvalue weighted by atomic mass is 19.1. The predicted octanol–water partition coefficient (Wildman–Crippen LogP) is 3.07. The standard InChI is InChI=1S/C20H29BFNO4/c1-19(2)20(3,4)27-21(26-19)18(22)17(13-23-10-9-15(24)12-23)14-7-6-8-16(11-14)25-5/h6-8,11,15,24H,9-10,12-13H2,1-5H3. The fraction of sp³-hybridized carbons (Fsp3) is 0.600. The molecule has 0 amide bonds. The number of β-amino-alcohol motifs (C(OH)–C–C–N with tert-alkyl or cyclic N) is 1. The van der Waals surface area contributed by atoms with Crippen LogP contribution in [0.3, 0.4) is 0 Å². The summed E-state index contributed by atoms with van der Waals surface area (Å²) in [6.45, 7) is 9.25. The van der Waals surface area contributed by atoms with Crippen LogP contribution >= 0.6 is 0 Å². The third-order valence-electron chi connectivity index (χ3n) is 5.80. The molecule has 27 heavy (non-hydrogen) atoms. The van der Waals surface area contributed by atoms with Gasteiger partial charge in [-0.25, -0.2) is 4.39 Å². The zero-order valence-corrected chi connectivity index (χ0v) is 16.8. The summed E-state index contributed by atoms with van der Waals surface area (Å²) in [5.74, 6) is 0.660. The molecule has 0 saturated carbocycles. The minimum atomic E-state index is -1.05. The second kappa shape index (κ2) is 7.55. The lowest BCUT2D eigenvalue weighted by Crippen LogP contribution is -2.41. The van der Waals surface area contributed by atoms with Crippen molar-refractivity contribution in [2.45, 2.75) is 51.4 Å². The molecule has 2 aliphatic heterocycles. The largest absolute Gasteiger partial charge is 0.525 e. The lowest BCUT2D eigenvalue weighted by molar-refractivity contribution is 0.00578. The number of rotatable bonds is 5. The maximum atomic E-state index is 15.6. The zero-order chi connectivity index (χ0) is 19.8. The smallest absolute Gasteiger partial charge is 0.497 e. The summed E-state index contributed by atoms with van der Waals surface area (Å²) < 4.78 is 32.8. The maximum Gasteiger partial charge on any atom is 0.525 e. The van der Waals surface area contributed by atoms with E-state index in [2.05, 4.69) is 0 Å². The van der Waals surface area contributed by atoms with Gasteiger partial charge in [-0.3, -0.25) is 4.90 Å². The van der Waals surface area contributed by atoms with Crippen molar-refractivity contribution >= 4 is 12.7 Å². The molecule has 1 unspecified atom stereocenters. The van der Waals surface area contributed by atoms with Crippen LogP contribution in [-0.2, 0) is 9.31 Å². The van der Waals surface area contributed by atoms with Crippen molar-refractivity contribution in [1.29, 1.82) is 0 Å². The lowest BCUT2D eigenvalue weighted by atomic mass is 9.82. The molecule has 148 valence electrons. The Kier molecular flexibility index (Phi) is 5.68. The Morgan fingerprint density at radius 1 is 1.30 bits per heavy atom. The normalized spacial score (nSPS) is 25.6. The van der Waals surface area contributed by atoms with Crippen molar-refractivity contribution in [3.05, 3.63) is 35.6 Å². The topological polar surface area (TPSA) is 51.2 Å². The molecule has 3 rings (SSSR count). The predicted molar refractivity (Wildman–Crippen MR) is 104 cm³/mol. The van der Waals surface area contributed by atoms with Crippen LogP contribution in [0.1, 0.15) is 39.7 Å². The van der Waals surface area contributed by atoms with E-state index in [0.29, 0.717) is 30.8 Å². The van der Waals surface area contributed by atoms with Crippen molar-refractivity contribution < 1.29 is 23.5 Å². The van der Waals surface area contributed by atoms with Gasteiger partial charge in [-0.1, -0.05) is 12.1 Å². The molecule has 2 heterocycles. The first-order valence-electron chi connectivity index (χ1n) is 9.42. The highest BCUT2D eigenvalue weighted by molar-refractivity contribution is 6.55. The summed E-state index contributed by atoms with van der Waals surface area (Å²) in [7, 11) is 0.535. The van der Waals surface area contributed by atoms with Crippen LogP contribution in [0, 0.1) is 0 Å². The third kappa shape index (κ3) is 4.21. The molecule has 2 saturated heterocycles. The molecule has 2 aliphatic rings. The Labute approximate surface area is 161 Å². The summed E-state index contributed by atoms with van der Waals surface area (Å²) in [6, 6.07) is 7.33. The van der Waals surface area contributed by atoms with E-state index in [9.17, 15) is 5.11 Å². The molecule has 1 N–H and O–H groups in total. The van der Waals surface area contributed by atoms with Gasteiger partial charge in [0.15, 0.2) is 0 Å². The SMILES string of the molecule is COc1cccc(C(CN2CCC(O)C2)=C(F)B2OC(C)(C)C(C)(C)O2)c1. The minimum absolute atomic E-state index is 0.364. The van der Waals surface area contributed by atoms with E-state index in [1.54, 1.807) is 7.11 Å². The van der Waals surface area contributed by atoms with Crippen LogP contribution < -0.4 is 4.74 Å². The Bertz CT molecular complexity index is 706. The van der Waals surface area contributed by atoms with Crippen LogP contribution in [-0.4, -0.2) is 61.2 Å². The summed E-state index contributed by atoms with van der Waals surface area (Å²) in [6.07, 6.45) is 0.334. The number of hydrogen-bond acceptors (Lipinski definition) is 5. The average Bonchev–Trinajstić information content (AvgIpc) is 3.12. The van der Waals surface area contributed by atoms with Gasteiger partial charge < -0.3 is 19.2 Å². The molecule has 7 heteroatoms. The van der Waals surface area contributed by atoms with E-state index in [-0.39, 0.29) is 6.10 Å². The number of nitrogens with zero attached hydrogens (tertiary/aromatic N) is 1. The summed E-state index contributed by atoms with van der Waals surface area (Å²) >= 11 is 0. The van der Waals surface area contributed by atoms with E-state index < -0.39 is 24.0 Å². The fourth-order valence-corrected chi connectivity index (χ4v) is 3.38. The minimum Gasteiger partial charge on any atom is -0.497 e. The van der Waals surface area contributed by atoms with Gasteiger partial charge in [0.2, 0.25) is 0 Å². The Hall–Kier alpha value is -1.41. The van der Waals surface area contributed by atoms with Crippen molar-refractivity contribution in [3.8, 4) is 5.75 Å². The molecule has 5 nitrogen and oxygen atoms in total. The molecule has 0 spiro atoms. The molecule has 1 atom stereocenters. The van der Waals surface area contributed by atoms with Crippen LogP contribution in [0.5, 0.6) is 5.75 Å².